The van der Waals surface area contributed by atoms with E-state index in [4.69, 9.17) is 0 Å². The molecule has 146 valence electrons. The van der Waals surface area contributed by atoms with Gasteiger partial charge >= 0.3 is 5.97 Å². The zero-order valence-corrected chi connectivity index (χ0v) is 15.8. The van der Waals surface area contributed by atoms with Crippen molar-refractivity contribution >= 4 is 11.8 Å². The van der Waals surface area contributed by atoms with Crippen LogP contribution in [0.3, 0.4) is 0 Å². The van der Waals surface area contributed by atoms with Crippen LogP contribution < -0.4 is 0 Å². The predicted molar refractivity (Wildman–Crippen MR) is 98.4 cm³/mol. The number of carboxylic acids is 1. The van der Waals surface area contributed by atoms with E-state index in [0.29, 0.717) is 11.7 Å². The second kappa shape index (κ2) is 6.78. The van der Waals surface area contributed by atoms with Gasteiger partial charge in [0.2, 0.25) is 0 Å². The lowest BCUT2D eigenvalue weighted by Gasteiger charge is -2.43. The molecule has 7 heteroatoms. The Morgan fingerprint density at radius 3 is 2.41 bits per heavy atom. The number of Topliss-reactive ketones (excluding diaryl/α,β-unsaturated/α-hetero) is 1. The van der Waals surface area contributed by atoms with Crippen LogP contribution >= 0.6 is 0 Å². The molecule has 1 saturated carbocycles. The Hall–Kier alpha value is -2.15. The molecule has 4 rings (SSSR count). The van der Waals surface area contributed by atoms with Gasteiger partial charge in [-0.1, -0.05) is 0 Å². The minimum atomic E-state index is -1.24. The molecular formula is C20H26FN3O3. The summed E-state index contributed by atoms with van der Waals surface area (Å²) in [6, 6.07) is 0.411. The van der Waals surface area contributed by atoms with Crippen LogP contribution in [-0.2, 0) is 9.59 Å². The molecule has 2 fully saturated rings. The van der Waals surface area contributed by atoms with E-state index in [1.54, 1.807) is 0 Å². The van der Waals surface area contributed by atoms with Crippen LogP contribution in [-0.4, -0.2) is 75.9 Å². The highest BCUT2D eigenvalue weighted by Gasteiger charge is 2.45. The Morgan fingerprint density at radius 2 is 1.85 bits per heavy atom. The molecule has 2 aliphatic heterocycles. The van der Waals surface area contributed by atoms with Crippen molar-refractivity contribution < 1.29 is 19.1 Å². The number of hydrogen-bond acceptors (Lipinski definition) is 5. The van der Waals surface area contributed by atoms with E-state index in [1.807, 2.05) is 15.9 Å². The fraction of sp³-hybridized carbons (Fsp3) is 0.600. The molecule has 2 unspecified atom stereocenters. The molecular weight excluding hydrogens is 349 g/mol. The molecule has 2 aliphatic carbocycles. The fourth-order valence-corrected chi connectivity index (χ4v) is 4.29. The summed E-state index contributed by atoms with van der Waals surface area (Å²) < 4.78 is 14.9. The summed E-state index contributed by atoms with van der Waals surface area (Å²) in [5.74, 6) is -2.91. The van der Waals surface area contributed by atoms with Crippen LogP contribution in [0.5, 0.6) is 0 Å². The Kier molecular flexibility index (Phi) is 4.58. The van der Waals surface area contributed by atoms with E-state index in [-0.39, 0.29) is 17.7 Å². The Labute approximate surface area is 158 Å². The summed E-state index contributed by atoms with van der Waals surface area (Å²) in [6.07, 6.45) is 6.61. The molecule has 0 aromatic rings. The van der Waals surface area contributed by atoms with Gasteiger partial charge in [-0.15, -0.1) is 0 Å². The highest BCUT2D eigenvalue weighted by atomic mass is 19.1. The first-order valence-corrected chi connectivity index (χ1v) is 9.72. The maximum Gasteiger partial charge on any atom is 0.340 e. The molecule has 0 amide bonds. The van der Waals surface area contributed by atoms with E-state index < -0.39 is 23.5 Å². The van der Waals surface area contributed by atoms with E-state index in [0.717, 1.165) is 39.0 Å². The van der Waals surface area contributed by atoms with E-state index in [2.05, 4.69) is 18.7 Å². The van der Waals surface area contributed by atoms with Crippen molar-refractivity contribution in [2.75, 3.05) is 26.2 Å². The number of halogens is 1. The van der Waals surface area contributed by atoms with Crippen molar-refractivity contribution in [3.63, 3.8) is 0 Å². The Morgan fingerprint density at radius 1 is 1.19 bits per heavy atom. The van der Waals surface area contributed by atoms with E-state index >= 15 is 0 Å². The smallest absolute Gasteiger partial charge is 0.340 e. The lowest BCUT2D eigenvalue weighted by molar-refractivity contribution is -0.136. The first kappa shape index (κ1) is 18.2. The second-order valence-corrected chi connectivity index (χ2v) is 8.09. The molecule has 27 heavy (non-hydrogen) atoms. The molecule has 0 aromatic carbocycles. The van der Waals surface area contributed by atoms with Crippen molar-refractivity contribution in [1.29, 1.82) is 0 Å². The summed E-state index contributed by atoms with van der Waals surface area (Å²) >= 11 is 0. The number of carbonyl (C=O) groups is 2. The average molecular weight is 375 g/mol. The van der Waals surface area contributed by atoms with Gasteiger partial charge in [0, 0.05) is 44.5 Å². The summed E-state index contributed by atoms with van der Waals surface area (Å²) in [6.45, 7) is 7.57. The zero-order valence-electron chi connectivity index (χ0n) is 15.8. The second-order valence-electron chi connectivity index (χ2n) is 8.09. The van der Waals surface area contributed by atoms with E-state index in [1.165, 1.54) is 12.3 Å². The zero-order chi connectivity index (χ0) is 19.3. The number of fused-ring (bicyclic) bond motifs is 1. The third kappa shape index (κ3) is 3.29. The fourth-order valence-electron chi connectivity index (χ4n) is 4.29. The number of allylic oxidation sites excluding steroid dienone is 1. The maximum absolute atomic E-state index is 14.9. The third-order valence-corrected chi connectivity index (χ3v) is 6.04. The first-order chi connectivity index (χ1) is 12.9. The number of rotatable bonds is 4. The van der Waals surface area contributed by atoms with Crippen molar-refractivity contribution in [2.24, 2.45) is 5.92 Å². The Balaban J connectivity index is 1.61. The minimum Gasteiger partial charge on any atom is -0.478 e. The summed E-state index contributed by atoms with van der Waals surface area (Å²) in [5, 5.41) is 9.35. The number of carboxylic acid groups (broad SMARTS) is 1. The van der Waals surface area contributed by atoms with Crippen molar-refractivity contribution in [2.45, 2.75) is 44.8 Å². The van der Waals surface area contributed by atoms with Gasteiger partial charge in [0.15, 0.2) is 5.78 Å². The Bertz CT molecular complexity index is 746. The molecule has 1 N–H and O–H groups in total. The SMILES string of the molecule is CC(C)N1CCN(C2=CC3C(C=C2F)C(=O)C(C(=O)O)=CN3C2CC2)CC1. The molecule has 2 atom stereocenters. The number of ketones is 1. The van der Waals surface area contributed by atoms with Crippen molar-refractivity contribution in [3.05, 3.63) is 35.4 Å². The number of nitrogens with zero attached hydrogens (tertiary/aromatic N) is 3. The molecule has 0 spiro atoms. The van der Waals surface area contributed by atoms with Crippen molar-refractivity contribution in [3.8, 4) is 0 Å². The quantitative estimate of drug-likeness (QED) is 0.756. The predicted octanol–water partition coefficient (Wildman–Crippen LogP) is 1.76. The van der Waals surface area contributed by atoms with Crippen LogP contribution in [0.1, 0.15) is 26.7 Å². The summed E-state index contributed by atoms with van der Waals surface area (Å²) in [4.78, 5) is 30.4. The molecule has 6 nitrogen and oxygen atoms in total. The van der Waals surface area contributed by atoms with Crippen LogP contribution in [0.2, 0.25) is 0 Å². The van der Waals surface area contributed by atoms with Gasteiger partial charge in [-0.3, -0.25) is 9.69 Å². The van der Waals surface area contributed by atoms with Gasteiger partial charge < -0.3 is 14.9 Å². The molecule has 0 bridgehead atoms. The highest BCUT2D eigenvalue weighted by molar-refractivity contribution is 6.18. The number of piperazine rings is 1. The third-order valence-electron chi connectivity index (χ3n) is 6.04. The molecule has 2 heterocycles. The standard InChI is InChI=1S/C20H26FN3O3/c1-12(2)22-5-7-23(8-6-22)18-10-17-14(9-16(18)21)19(25)15(20(26)27)11-24(17)13-3-4-13/h9-14,17H,3-8H2,1-2H3,(H,26,27). The minimum absolute atomic E-state index is 0.241. The highest BCUT2D eigenvalue weighted by Crippen LogP contribution is 2.40. The van der Waals surface area contributed by atoms with Gasteiger partial charge in [0.25, 0.3) is 0 Å². The molecule has 4 aliphatic rings. The lowest BCUT2D eigenvalue weighted by atomic mass is 9.82. The van der Waals surface area contributed by atoms with Gasteiger partial charge in [-0.2, -0.15) is 0 Å². The topological polar surface area (TPSA) is 64.1 Å². The summed E-state index contributed by atoms with van der Waals surface area (Å²) in [5.41, 5.74) is 0.305. The number of aliphatic carboxylic acids is 1. The number of carbonyl (C=O) groups excluding carboxylic acids is 1. The van der Waals surface area contributed by atoms with Crippen LogP contribution in [0.4, 0.5) is 4.39 Å². The van der Waals surface area contributed by atoms with Crippen LogP contribution in [0, 0.1) is 5.92 Å². The normalized spacial score (nSPS) is 29.3. The van der Waals surface area contributed by atoms with Crippen LogP contribution in [0.15, 0.2) is 35.4 Å². The maximum atomic E-state index is 14.9. The van der Waals surface area contributed by atoms with Gasteiger partial charge in [-0.25, -0.2) is 9.18 Å². The van der Waals surface area contributed by atoms with Gasteiger partial charge in [-0.05, 0) is 38.8 Å². The van der Waals surface area contributed by atoms with Gasteiger partial charge in [0.1, 0.15) is 11.4 Å². The first-order valence-electron chi connectivity index (χ1n) is 9.72. The van der Waals surface area contributed by atoms with Crippen molar-refractivity contribution in [1.82, 2.24) is 14.7 Å². The molecule has 1 saturated heterocycles. The van der Waals surface area contributed by atoms with Gasteiger partial charge in [0.05, 0.1) is 17.7 Å². The lowest BCUT2D eigenvalue weighted by Crippen LogP contribution is -2.51. The molecule has 0 aromatic heterocycles. The van der Waals surface area contributed by atoms with E-state index in [9.17, 15) is 19.1 Å². The monoisotopic (exact) mass is 375 g/mol. The average Bonchev–Trinajstić information content (AvgIpc) is 3.47. The van der Waals surface area contributed by atoms with Crippen LogP contribution in [0.25, 0.3) is 0 Å². The summed E-state index contributed by atoms with van der Waals surface area (Å²) in [7, 11) is 0. The molecule has 0 radical (unpaired) electrons. The number of hydrogen-bond donors (Lipinski definition) is 1. The largest absolute Gasteiger partial charge is 0.478 e.